The Morgan fingerprint density at radius 1 is 1.26 bits per heavy atom. The lowest BCUT2D eigenvalue weighted by atomic mass is 10.1. The Bertz CT molecular complexity index is 1140. The second kappa shape index (κ2) is 6.81. The molecule has 0 atom stereocenters. The van der Waals surface area contributed by atoms with Crippen LogP contribution in [0.25, 0.3) is 11.4 Å². The standard InChI is InChI=1S/C18H14ClN5O3/c19-13-6-11(8-21-17(13)26)18(27)24-5-3-12-14(9-24)22-15(23-16(12)25)10-2-1-4-20-7-10/h1-2,4,6-8H,3,5,9H2,(H,21,26)(H,22,23,25). The minimum atomic E-state index is -0.452. The van der Waals surface area contributed by atoms with Crippen molar-refractivity contribution >= 4 is 17.5 Å². The maximum atomic E-state index is 12.7. The summed E-state index contributed by atoms with van der Waals surface area (Å²) in [6.07, 6.45) is 4.97. The molecule has 4 heterocycles. The highest BCUT2D eigenvalue weighted by atomic mass is 35.5. The van der Waals surface area contributed by atoms with Gasteiger partial charge in [-0.15, -0.1) is 0 Å². The number of aromatic nitrogens is 4. The third-order valence-corrected chi connectivity index (χ3v) is 4.68. The van der Waals surface area contributed by atoms with E-state index in [4.69, 9.17) is 11.6 Å². The van der Waals surface area contributed by atoms with Crippen LogP contribution in [0, 0.1) is 0 Å². The van der Waals surface area contributed by atoms with E-state index < -0.39 is 5.56 Å². The monoisotopic (exact) mass is 383 g/mol. The Morgan fingerprint density at radius 2 is 2.11 bits per heavy atom. The molecule has 0 spiro atoms. The third-order valence-electron chi connectivity index (χ3n) is 4.40. The topological polar surface area (TPSA) is 112 Å². The third kappa shape index (κ3) is 3.26. The highest BCUT2D eigenvalue weighted by Crippen LogP contribution is 2.20. The smallest absolute Gasteiger partial charge is 0.266 e. The summed E-state index contributed by atoms with van der Waals surface area (Å²) in [4.78, 5) is 51.9. The number of pyridine rings is 2. The predicted molar refractivity (Wildman–Crippen MR) is 98.6 cm³/mol. The maximum absolute atomic E-state index is 12.7. The molecule has 1 aliphatic heterocycles. The molecule has 9 heteroatoms. The number of hydrogen-bond donors (Lipinski definition) is 2. The number of nitrogens with zero attached hydrogens (tertiary/aromatic N) is 3. The quantitative estimate of drug-likeness (QED) is 0.694. The first-order valence-electron chi connectivity index (χ1n) is 8.23. The molecule has 0 aromatic carbocycles. The molecule has 0 fully saturated rings. The first kappa shape index (κ1) is 17.2. The minimum Gasteiger partial charge on any atom is -0.332 e. The highest BCUT2D eigenvalue weighted by molar-refractivity contribution is 6.30. The Labute approximate surface area is 157 Å². The van der Waals surface area contributed by atoms with Crippen LogP contribution < -0.4 is 11.1 Å². The SMILES string of the molecule is O=C(c1c[nH]c(=O)c(Cl)c1)N1CCc2c(nc(-c3cccnc3)[nH]c2=O)C1. The van der Waals surface area contributed by atoms with Crippen LogP contribution in [0.3, 0.4) is 0 Å². The molecular weight excluding hydrogens is 370 g/mol. The molecule has 2 N–H and O–H groups in total. The van der Waals surface area contributed by atoms with E-state index in [9.17, 15) is 14.4 Å². The lowest BCUT2D eigenvalue weighted by Gasteiger charge is -2.28. The molecule has 0 radical (unpaired) electrons. The molecule has 3 aromatic heterocycles. The molecule has 1 amide bonds. The van der Waals surface area contributed by atoms with E-state index in [2.05, 4.69) is 19.9 Å². The lowest BCUT2D eigenvalue weighted by molar-refractivity contribution is 0.0731. The van der Waals surface area contributed by atoms with E-state index in [0.29, 0.717) is 35.6 Å². The fourth-order valence-corrected chi connectivity index (χ4v) is 3.19. The van der Waals surface area contributed by atoms with E-state index in [-0.39, 0.29) is 28.6 Å². The van der Waals surface area contributed by atoms with Crippen LogP contribution in [0.15, 0.2) is 46.4 Å². The van der Waals surface area contributed by atoms with Crippen LogP contribution in [0.4, 0.5) is 0 Å². The molecule has 0 saturated heterocycles. The normalized spacial score (nSPS) is 13.3. The molecule has 0 unspecified atom stereocenters. The predicted octanol–water partition coefficient (Wildman–Crippen LogP) is 1.37. The van der Waals surface area contributed by atoms with E-state index >= 15 is 0 Å². The molecule has 0 aliphatic carbocycles. The van der Waals surface area contributed by atoms with Gasteiger partial charge in [0.1, 0.15) is 10.8 Å². The largest absolute Gasteiger partial charge is 0.332 e. The Balaban J connectivity index is 1.67. The van der Waals surface area contributed by atoms with Gasteiger partial charge in [0.15, 0.2) is 0 Å². The van der Waals surface area contributed by atoms with Crippen LogP contribution in [0.5, 0.6) is 0 Å². The van der Waals surface area contributed by atoms with Crippen molar-refractivity contribution in [2.75, 3.05) is 6.54 Å². The lowest BCUT2D eigenvalue weighted by Crippen LogP contribution is -2.39. The van der Waals surface area contributed by atoms with Gasteiger partial charge < -0.3 is 14.9 Å². The van der Waals surface area contributed by atoms with Crippen molar-refractivity contribution < 1.29 is 4.79 Å². The number of fused-ring (bicyclic) bond motifs is 1. The van der Waals surface area contributed by atoms with Crippen LogP contribution >= 0.6 is 11.6 Å². The van der Waals surface area contributed by atoms with Gasteiger partial charge in [-0.3, -0.25) is 19.4 Å². The average Bonchev–Trinajstić information content (AvgIpc) is 2.69. The number of rotatable bonds is 2. The maximum Gasteiger partial charge on any atom is 0.266 e. The van der Waals surface area contributed by atoms with Gasteiger partial charge in [-0.05, 0) is 24.6 Å². The summed E-state index contributed by atoms with van der Waals surface area (Å²) in [5.74, 6) is 0.122. The van der Waals surface area contributed by atoms with Gasteiger partial charge >= 0.3 is 0 Å². The Morgan fingerprint density at radius 3 is 2.85 bits per heavy atom. The summed E-state index contributed by atoms with van der Waals surface area (Å²) in [5.41, 5.74) is 1.43. The summed E-state index contributed by atoms with van der Waals surface area (Å²) >= 11 is 5.81. The van der Waals surface area contributed by atoms with Gasteiger partial charge in [0.25, 0.3) is 17.0 Å². The second-order valence-corrected chi connectivity index (χ2v) is 6.53. The summed E-state index contributed by atoms with van der Waals surface area (Å²) in [6, 6.07) is 4.89. The number of carbonyl (C=O) groups is 1. The zero-order valence-electron chi connectivity index (χ0n) is 14.0. The molecule has 27 heavy (non-hydrogen) atoms. The molecular formula is C18H14ClN5O3. The minimum absolute atomic E-state index is 0.0494. The first-order chi connectivity index (χ1) is 13.0. The highest BCUT2D eigenvalue weighted by Gasteiger charge is 2.25. The number of hydrogen-bond acceptors (Lipinski definition) is 5. The summed E-state index contributed by atoms with van der Waals surface area (Å²) < 4.78 is 0. The van der Waals surface area contributed by atoms with E-state index in [1.165, 1.54) is 12.3 Å². The zero-order chi connectivity index (χ0) is 19.0. The summed E-state index contributed by atoms with van der Waals surface area (Å²) in [5, 5.41) is -0.0494. The van der Waals surface area contributed by atoms with Crippen LogP contribution in [0.2, 0.25) is 5.02 Å². The zero-order valence-corrected chi connectivity index (χ0v) is 14.8. The van der Waals surface area contributed by atoms with Crippen LogP contribution in [0.1, 0.15) is 21.6 Å². The average molecular weight is 384 g/mol. The molecule has 1 aliphatic rings. The number of halogens is 1. The molecule has 0 saturated carbocycles. The van der Waals surface area contributed by atoms with Crippen molar-refractivity contribution in [3.63, 3.8) is 0 Å². The Hall–Kier alpha value is -3.26. The fraction of sp³-hybridized carbons (Fsp3) is 0.167. The summed E-state index contributed by atoms with van der Waals surface area (Å²) in [7, 11) is 0. The van der Waals surface area contributed by atoms with Crippen molar-refractivity contribution in [3.8, 4) is 11.4 Å². The van der Waals surface area contributed by atoms with Gasteiger partial charge in [-0.1, -0.05) is 11.6 Å². The van der Waals surface area contributed by atoms with E-state index in [0.717, 1.165) is 0 Å². The number of nitrogens with one attached hydrogen (secondary N) is 2. The van der Waals surface area contributed by atoms with Gasteiger partial charge in [-0.25, -0.2) is 4.98 Å². The second-order valence-electron chi connectivity index (χ2n) is 6.12. The van der Waals surface area contributed by atoms with Crippen molar-refractivity contribution in [1.29, 1.82) is 0 Å². The Kier molecular flexibility index (Phi) is 4.33. The summed E-state index contributed by atoms with van der Waals surface area (Å²) in [6.45, 7) is 0.571. The van der Waals surface area contributed by atoms with Crippen molar-refractivity contribution in [1.82, 2.24) is 24.8 Å². The van der Waals surface area contributed by atoms with E-state index in [1.807, 2.05) is 0 Å². The number of amides is 1. The van der Waals surface area contributed by atoms with Crippen molar-refractivity contribution in [2.45, 2.75) is 13.0 Å². The van der Waals surface area contributed by atoms with Crippen molar-refractivity contribution in [3.05, 3.63) is 79.3 Å². The fourth-order valence-electron chi connectivity index (χ4n) is 3.01. The molecule has 136 valence electrons. The van der Waals surface area contributed by atoms with Gasteiger partial charge in [0, 0.05) is 36.3 Å². The molecule has 3 aromatic rings. The van der Waals surface area contributed by atoms with Crippen LogP contribution in [-0.2, 0) is 13.0 Å². The van der Waals surface area contributed by atoms with Gasteiger partial charge in [0.2, 0.25) is 0 Å². The molecule has 0 bridgehead atoms. The molecule has 8 nitrogen and oxygen atoms in total. The van der Waals surface area contributed by atoms with E-state index in [1.54, 1.807) is 29.4 Å². The van der Waals surface area contributed by atoms with Gasteiger partial charge in [0.05, 0.1) is 17.8 Å². The first-order valence-corrected chi connectivity index (χ1v) is 8.60. The number of H-pyrrole nitrogens is 2. The van der Waals surface area contributed by atoms with Crippen molar-refractivity contribution in [2.24, 2.45) is 0 Å². The van der Waals surface area contributed by atoms with Crippen LogP contribution in [-0.4, -0.2) is 37.3 Å². The molecule has 4 rings (SSSR count). The number of aromatic amines is 2. The van der Waals surface area contributed by atoms with Gasteiger partial charge in [-0.2, -0.15) is 0 Å². The number of carbonyl (C=O) groups excluding carboxylic acids is 1.